The molecule has 0 bridgehead atoms. The number of urea groups is 1. The third-order valence-electron chi connectivity index (χ3n) is 5.71. The summed E-state index contributed by atoms with van der Waals surface area (Å²) < 4.78 is 55.0. The zero-order valence-electron chi connectivity index (χ0n) is 19.6. The Balaban J connectivity index is 1.50. The van der Waals surface area contributed by atoms with Crippen molar-refractivity contribution in [3.63, 3.8) is 0 Å². The van der Waals surface area contributed by atoms with Gasteiger partial charge in [-0.05, 0) is 43.2 Å². The van der Waals surface area contributed by atoms with Crippen molar-refractivity contribution in [3.8, 4) is 11.1 Å². The Morgan fingerprint density at radius 1 is 1.00 bits per heavy atom. The summed E-state index contributed by atoms with van der Waals surface area (Å²) in [6.45, 7) is 0.318. The number of piperidine rings is 1. The minimum absolute atomic E-state index is 0.0745. The lowest BCUT2D eigenvalue weighted by atomic mass is 10.0. The maximum atomic E-state index is 15.2. The molecule has 0 unspecified atom stereocenters. The molecule has 4 rings (SSSR count). The number of nitrogens with zero attached hydrogens (tertiary/aromatic N) is 1. The number of sulfonamides is 1. The van der Waals surface area contributed by atoms with E-state index in [0.29, 0.717) is 30.6 Å². The lowest BCUT2D eigenvalue weighted by Crippen LogP contribution is -2.53. The van der Waals surface area contributed by atoms with E-state index in [1.165, 1.54) is 35.2 Å². The van der Waals surface area contributed by atoms with Crippen LogP contribution in [0, 0.1) is 23.2 Å². The summed E-state index contributed by atoms with van der Waals surface area (Å²) in [5, 5.41) is 5.20. The third kappa shape index (κ3) is 6.36. The van der Waals surface area contributed by atoms with E-state index >= 15 is 4.39 Å². The van der Waals surface area contributed by atoms with Crippen LogP contribution in [0.2, 0.25) is 5.02 Å². The van der Waals surface area contributed by atoms with E-state index < -0.39 is 39.6 Å². The van der Waals surface area contributed by atoms with Gasteiger partial charge in [-0.15, -0.1) is 0 Å². The molecule has 3 aromatic rings. The number of carbonyl (C=O) groups is 2. The zero-order chi connectivity index (χ0) is 26.7. The largest absolute Gasteiger partial charge is 0.326 e. The van der Waals surface area contributed by atoms with E-state index in [-0.39, 0.29) is 22.0 Å². The Bertz CT molecular complexity index is 1470. The van der Waals surface area contributed by atoms with Crippen LogP contribution in [-0.4, -0.2) is 39.2 Å². The Kier molecular flexibility index (Phi) is 7.65. The number of benzene rings is 3. The smallest absolute Gasteiger partial charge is 0.319 e. The molecule has 3 aromatic carbocycles. The molecule has 3 N–H and O–H groups in total. The first kappa shape index (κ1) is 26.4. The Hall–Kier alpha value is -3.70. The third-order valence-corrected chi connectivity index (χ3v) is 6.55. The van der Waals surface area contributed by atoms with Crippen molar-refractivity contribution in [1.29, 1.82) is 0 Å². The molecule has 0 aromatic heterocycles. The lowest BCUT2D eigenvalue weighted by molar-refractivity contribution is -0.289. The fourth-order valence-electron chi connectivity index (χ4n) is 4.08. The van der Waals surface area contributed by atoms with Gasteiger partial charge in [0.05, 0.1) is 17.6 Å². The number of carbonyl (C=O) groups excluding carboxylic acids is 2. The molecule has 0 spiro atoms. The van der Waals surface area contributed by atoms with E-state index in [9.17, 15) is 22.4 Å². The molecule has 1 fully saturated rings. The predicted octanol–water partition coefficient (Wildman–Crippen LogP) is 4.02. The average Bonchev–Trinajstić information content (AvgIpc) is 2.82. The second-order valence-corrected chi connectivity index (χ2v) is 10.7. The fraction of sp³-hybridized carbons (Fsp3) is 0.200. The first-order valence-electron chi connectivity index (χ1n) is 11.2. The van der Waals surface area contributed by atoms with Gasteiger partial charge in [0.25, 0.3) is 0 Å². The van der Waals surface area contributed by atoms with E-state index in [0.717, 1.165) is 12.3 Å². The van der Waals surface area contributed by atoms with Gasteiger partial charge in [-0.1, -0.05) is 18.2 Å². The molecule has 12 heteroatoms. The molecule has 1 aliphatic rings. The molecular weight excluding hydrogens is 526 g/mol. The molecule has 1 saturated heterocycles. The number of nitrogens with one attached hydrogen (secondary N) is 3. The van der Waals surface area contributed by atoms with Crippen LogP contribution in [0.25, 0.3) is 11.1 Å². The van der Waals surface area contributed by atoms with E-state index in [2.05, 4.69) is 15.4 Å². The highest BCUT2D eigenvalue weighted by atomic mass is 35.5. The number of hydrogen-bond donors (Lipinski definition) is 3. The maximum Gasteiger partial charge on any atom is 0.319 e. The van der Waals surface area contributed by atoms with Gasteiger partial charge in [0, 0.05) is 35.5 Å². The van der Waals surface area contributed by atoms with Crippen molar-refractivity contribution < 1.29 is 38.4 Å². The minimum Gasteiger partial charge on any atom is -0.326 e. The maximum absolute atomic E-state index is 15.2. The molecule has 0 radical (unpaired) electrons. The summed E-state index contributed by atoms with van der Waals surface area (Å²) in [4.78, 5) is 26.9. The van der Waals surface area contributed by atoms with Crippen molar-refractivity contribution in [1.82, 2.24) is 5.32 Å². The summed E-state index contributed by atoms with van der Waals surface area (Å²) in [7, 11) is -3.58. The van der Waals surface area contributed by atoms with Gasteiger partial charge in [-0.2, -0.15) is 0 Å². The fourth-order valence-corrected chi connectivity index (χ4v) is 4.83. The molecule has 8 nitrogen and oxygen atoms in total. The Labute approximate surface area is 217 Å². The molecule has 1 heterocycles. The minimum atomic E-state index is -3.58. The van der Waals surface area contributed by atoms with Crippen LogP contribution >= 0.6 is 0 Å². The second-order valence-electron chi connectivity index (χ2n) is 8.51. The quantitative estimate of drug-likeness (QED) is 0.432. The molecule has 194 valence electrons. The molecular formula is C25H24ClF2N4O4S+. The van der Waals surface area contributed by atoms with Crippen molar-refractivity contribution in [2.24, 2.45) is 0 Å². The molecule has 3 amide bonds. The molecule has 1 aliphatic heterocycles. The first-order valence-corrected chi connectivity index (χ1v) is 13.5. The van der Waals surface area contributed by atoms with Gasteiger partial charge in [0.15, 0.2) is 17.4 Å². The van der Waals surface area contributed by atoms with Gasteiger partial charge in [-0.3, -0.25) is 9.52 Å². The van der Waals surface area contributed by atoms with Crippen LogP contribution in [0.4, 0.5) is 30.6 Å². The summed E-state index contributed by atoms with van der Waals surface area (Å²) >= 11 is 4.88. The summed E-state index contributed by atoms with van der Waals surface area (Å²) in [6, 6.07) is 12.9. The van der Waals surface area contributed by atoms with E-state index in [4.69, 9.17) is 11.6 Å². The zero-order valence-corrected chi connectivity index (χ0v) is 21.3. The Morgan fingerprint density at radius 2 is 1.76 bits per heavy atom. The Morgan fingerprint density at radius 3 is 2.46 bits per heavy atom. The van der Waals surface area contributed by atoms with Crippen molar-refractivity contribution in [2.75, 3.05) is 27.7 Å². The monoisotopic (exact) mass is 549 g/mol. The summed E-state index contributed by atoms with van der Waals surface area (Å²) in [5.74, 6) is -1.78. The van der Waals surface area contributed by atoms with Gasteiger partial charge < -0.3 is 15.5 Å². The normalized spacial score (nSPS) is 15.8. The van der Waals surface area contributed by atoms with Gasteiger partial charge >= 0.3 is 6.03 Å². The highest BCUT2D eigenvalue weighted by Crippen LogP contribution is 2.33. The number of para-hydroxylation sites is 1. The number of anilines is 3. The predicted molar refractivity (Wildman–Crippen MR) is 135 cm³/mol. The highest BCUT2D eigenvalue weighted by molar-refractivity contribution is 7.92. The van der Waals surface area contributed by atoms with Crippen LogP contribution in [0.5, 0.6) is 0 Å². The second kappa shape index (κ2) is 10.7. The lowest BCUT2D eigenvalue weighted by Gasteiger charge is -2.32. The molecule has 0 aliphatic carbocycles. The first-order chi connectivity index (χ1) is 17.5. The number of amides is 3. The van der Waals surface area contributed by atoms with Gasteiger partial charge in [-0.25, -0.2) is 22.0 Å². The standard InChI is InChI=1S/C25H23ClF2N4O4S/c1-37(35,36)31-21-6-3-2-5-18(21)17-10-9-16(14-19(17)27)32-12-4-7-23(24(32)33)30-25(34)29-22-11-8-15(26)13-20(22)28/h2-3,5-6,8-11,13-14,23,26,31H,4,7,12H2,1H3,(H-,29,30,34)/p+1/t23-/m1/s1. The molecule has 37 heavy (non-hydrogen) atoms. The van der Waals surface area contributed by atoms with Crippen molar-refractivity contribution >= 4 is 39.0 Å². The van der Waals surface area contributed by atoms with Gasteiger partial charge in [0.2, 0.25) is 21.0 Å². The van der Waals surface area contributed by atoms with Crippen LogP contribution in [0.1, 0.15) is 12.8 Å². The highest BCUT2D eigenvalue weighted by Gasteiger charge is 2.31. The van der Waals surface area contributed by atoms with E-state index in [1.54, 1.807) is 24.3 Å². The van der Waals surface area contributed by atoms with Crippen LogP contribution in [-0.2, 0) is 14.8 Å². The SMILES string of the molecule is CS(=O)(=O)Nc1ccccc1-c1ccc(N2CCC[C@@H](NC(=O)Nc3ccc([ClH+])cc3F)C2=O)cc1F. The van der Waals surface area contributed by atoms with Crippen LogP contribution in [0.3, 0.4) is 0 Å². The topological polar surface area (TPSA) is 108 Å². The average molecular weight is 550 g/mol. The van der Waals surface area contributed by atoms with Crippen LogP contribution in [0.15, 0.2) is 60.7 Å². The molecule has 1 atom stereocenters. The van der Waals surface area contributed by atoms with E-state index in [1.807, 2.05) is 0 Å². The number of halogens is 3. The van der Waals surface area contributed by atoms with Crippen molar-refractivity contribution in [3.05, 3.63) is 77.3 Å². The number of rotatable bonds is 6. The van der Waals surface area contributed by atoms with Crippen molar-refractivity contribution in [2.45, 2.75) is 18.9 Å². The number of hydrogen-bond acceptors (Lipinski definition) is 4. The molecule has 0 saturated carbocycles. The summed E-state index contributed by atoms with van der Waals surface area (Å²) in [6.07, 6.45) is 1.91. The summed E-state index contributed by atoms with van der Waals surface area (Å²) in [5.41, 5.74) is 0.934. The van der Waals surface area contributed by atoms with Gasteiger partial charge in [0.1, 0.15) is 11.9 Å². The van der Waals surface area contributed by atoms with Crippen LogP contribution < -0.4 is 20.3 Å².